The van der Waals surface area contributed by atoms with E-state index in [4.69, 9.17) is 0 Å². The van der Waals surface area contributed by atoms with Gasteiger partial charge in [-0.3, -0.25) is 9.59 Å². The largest absolute Gasteiger partial charge is 0.327 e. The summed E-state index contributed by atoms with van der Waals surface area (Å²) in [6.45, 7) is 7.66. The fourth-order valence-electron chi connectivity index (χ4n) is 2.93. The van der Waals surface area contributed by atoms with Gasteiger partial charge < -0.3 is 10.2 Å². The van der Waals surface area contributed by atoms with Gasteiger partial charge in [-0.25, -0.2) is 4.98 Å². The molecule has 3 aromatic rings. The van der Waals surface area contributed by atoms with Crippen molar-refractivity contribution in [2.45, 2.75) is 33.7 Å². The Morgan fingerprint density at radius 2 is 1.62 bits per heavy atom. The molecular weight excluding hydrogens is 382 g/mol. The molecule has 2 aromatic carbocycles. The van der Waals surface area contributed by atoms with Gasteiger partial charge in [0.1, 0.15) is 6.54 Å². The lowest BCUT2D eigenvalue weighted by atomic mass is 10.0. The lowest BCUT2D eigenvalue weighted by molar-refractivity contribution is -0.117. The molecule has 0 spiro atoms. The molecule has 0 fully saturated rings. The summed E-state index contributed by atoms with van der Waals surface area (Å²) in [4.78, 5) is 32.5. The van der Waals surface area contributed by atoms with Gasteiger partial charge in [-0.1, -0.05) is 42.5 Å². The van der Waals surface area contributed by atoms with E-state index in [1.807, 2.05) is 82.3 Å². The van der Waals surface area contributed by atoms with E-state index in [9.17, 15) is 9.59 Å². The molecule has 0 saturated heterocycles. The number of carbonyl (C=O) groups excluding carboxylic acids is 2. The molecular formula is C23H25N3O2S. The molecule has 0 saturated carbocycles. The van der Waals surface area contributed by atoms with E-state index in [1.54, 1.807) is 4.90 Å². The maximum atomic E-state index is 13.0. The van der Waals surface area contributed by atoms with Gasteiger partial charge in [0.25, 0.3) is 5.91 Å². The van der Waals surface area contributed by atoms with Crippen LogP contribution in [0, 0.1) is 13.8 Å². The Morgan fingerprint density at radius 1 is 1.00 bits per heavy atom. The Hall–Kier alpha value is -2.99. The summed E-state index contributed by atoms with van der Waals surface area (Å²) in [6.07, 6.45) is 0. The highest BCUT2D eigenvalue weighted by atomic mass is 32.1. The topological polar surface area (TPSA) is 62.3 Å². The number of rotatable bonds is 6. The first-order valence-corrected chi connectivity index (χ1v) is 10.4. The van der Waals surface area contributed by atoms with Crippen LogP contribution in [0.1, 0.15) is 34.8 Å². The monoisotopic (exact) mass is 407 g/mol. The summed E-state index contributed by atoms with van der Waals surface area (Å²) in [5.74, 6) is -0.414. The predicted octanol–water partition coefficient (Wildman–Crippen LogP) is 4.92. The Labute approximate surface area is 175 Å². The van der Waals surface area contributed by atoms with Crippen molar-refractivity contribution in [1.82, 2.24) is 9.88 Å². The number of nitrogens with zero attached hydrogens (tertiary/aromatic N) is 2. The Morgan fingerprint density at radius 3 is 2.17 bits per heavy atom. The molecule has 2 amide bonds. The average molecular weight is 408 g/mol. The van der Waals surface area contributed by atoms with Gasteiger partial charge >= 0.3 is 0 Å². The van der Waals surface area contributed by atoms with Gasteiger partial charge in [0, 0.05) is 16.5 Å². The minimum atomic E-state index is -0.248. The van der Waals surface area contributed by atoms with E-state index in [2.05, 4.69) is 10.3 Å². The highest BCUT2D eigenvalue weighted by Crippen LogP contribution is 2.22. The van der Waals surface area contributed by atoms with Gasteiger partial charge in [-0.15, -0.1) is 11.3 Å². The second kappa shape index (κ2) is 9.01. The van der Waals surface area contributed by atoms with Gasteiger partial charge in [-0.05, 0) is 51.0 Å². The van der Waals surface area contributed by atoms with Crippen molar-refractivity contribution >= 4 is 28.3 Å². The molecule has 0 aliphatic heterocycles. The summed E-state index contributed by atoms with van der Waals surface area (Å²) in [7, 11) is 0. The Balaban J connectivity index is 1.71. The molecule has 0 bridgehead atoms. The Kier molecular flexibility index (Phi) is 6.44. The third-order valence-electron chi connectivity index (χ3n) is 4.71. The van der Waals surface area contributed by atoms with Crippen LogP contribution in [0.2, 0.25) is 0 Å². The first-order chi connectivity index (χ1) is 13.8. The molecule has 5 nitrogen and oxygen atoms in total. The SMILES string of the molecule is Cc1nc(NC(=O)CN(C(=O)c2ccc(-c3ccccc3)cc2)C(C)C)sc1C. The third kappa shape index (κ3) is 5.09. The number of hydrogen-bond acceptors (Lipinski definition) is 4. The van der Waals surface area contributed by atoms with Crippen LogP contribution in [0.15, 0.2) is 54.6 Å². The normalized spacial score (nSPS) is 10.8. The molecule has 150 valence electrons. The van der Waals surface area contributed by atoms with Gasteiger partial charge in [0.2, 0.25) is 5.91 Å². The second-order valence-corrected chi connectivity index (χ2v) is 8.38. The fourth-order valence-corrected chi connectivity index (χ4v) is 3.76. The quantitative estimate of drug-likeness (QED) is 0.631. The van der Waals surface area contributed by atoms with Gasteiger partial charge in [0.05, 0.1) is 5.69 Å². The molecule has 1 heterocycles. The predicted molar refractivity (Wildman–Crippen MR) is 118 cm³/mol. The van der Waals surface area contributed by atoms with Crippen molar-refractivity contribution in [1.29, 1.82) is 0 Å². The van der Waals surface area contributed by atoms with Crippen LogP contribution >= 0.6 is 11.3 Å². The van der Waals surface area contributed by atoms with Crippen LogP contribution < -0.4 is 5.32 Å². The number of nitrogens with one attached hydrogen (secondary N) is 1. The first-order valence-electron chi connectivity index (χ1n) is 9.55. The molecule has 6 heteroatoms. The lowest BCUT2D eigenvalue weighted by Gasteiger charge is -2.26. The van der Waals surface area contributed by atoms with Crippen LogP contribution in [-0.2, 0) is 4.79 Å². The molecule has 1 aromatic heterocycles. The maximum Gasteiger partial charge on any atom is 0.254 e. The number of aromatic nitrogens is 1. The van der Waals surface area contributed by atoms with E-state index >= 15 is 0 Å². The van der Waals surface area contributed by atoms with E-state index in [-0.39, 0.29) is 24.4 Å². The van der Waals surface area contributed by atoms with Crippen molar-refractivity contribution in [3.8, 4) is 11.1 Å². The molecule has 29 heavy (non-hydrogen) atoms. The van der Waals surface area contributed by atoms with E-state index < -0.39 is 0 Å². The van der Waals surface area contributed by atoms with Crippen LogP contribution in [0.3, 0.4) is 0 Å². The van der Waals surface area contributed by atoms with Crippen molar-refractivity contribution in [3.05, 3.63) is 70.7 Å². The second-order valence-electron chi connectivity index (χ2n) is 7.18. The summed E-state index contributed by atoms with van der Waals surface area (Å²) < 4.78 is 0. The van der Waals surface area contributed by atoms with Crippen LogP contribution in [0.5, 0.6) is 0 Å². The van der Waals surface area contributed by atoms with Crippen LogP contribution in [0.25, 0.3) is 11.1 Å². The molecule has 0 unspecified atom stereocenters. The number of anilines is 1. The molecule has 0 aliphatic rings. The number of amides is 2. The Bertz CT molecular complexity index is 975. The zero-order chi connectivity index (χ0) is 21.0. The van der Waals surface area contributed by atoms with Crippen molar-refractivity contribution < 1.29 is 9.59 Å². The van der Waals surface area contributed by atoms with Crippen molar-refractivity contribution in [3.63, 3.8) is 0 Å². The lowest BCUT2D eigenvalue weighted by Crippen LogP contribution is -2.42. The van der Waals surface area contributed by atoms with Gasteiger partial charge in [-0.2, -0.15) is 0 Å². The van der Waals surface area contributed by atoms with E-state index in [1.165, 1.54) is 11.3 Å². The summed E-state index contributed by atoms with van der Waals surface area (Å²) in [6, 6.07) is 17.4. The number of benzene rings is 2. The number of aryl methyl sites for hydroxylation is 2. The summed E-state index contributed by atoms with van der Waals surface area (Å²) >= 11 is 1.44. The molecule has 3 rings (SSSR count). The van der Waals surface area contributed by atoms with Crippen LogP contribution in [0.4, 0.5) is 5.13 Å². The smallest absolute Gasteiger partial charge is 0.254 e. The van der Waals surface area contributed by atoms with E-state index in [0.29, 0.717) is 10.7 Å². The number of thiazole rings is 1. The highest BCUT2D eigenvalue weighted by Gasteiger charge is 2.22. The summed E-state index contributed by atoms with van der Waals surface area (Å²) in [5.41, 5.74) is 3.61. The van der Waals surface area contributed by atoms with Gasteiger partial charge in [0.15, 0.2) is 5.13 Å². The minimum absolute atomic E-state index is 0.0192. The third-order valence-corrected chi connectivity index (χ3v) is 5.70. The maximum absolute atomic E-state index is 13.0. The number of carbonyl (C=O) groups is 2. The van der Waals surface area contributed by atoms with Crippen LogP contribution in [-0.4, -0.2) is 34.3 Å². The zero-order valence-electron chi connectivity index (χ0n) is 17.1. The average Bonchev–Trinajstić information content (AvgIpc) is 3.03. The number of hydrogen-bond donors (Lipinski definition) is 1. The molecule has 0 atom stereocenters. The van der Waals surface area contributed by atoms with E-state index in [0.717, 1.165) is 21.7 Å². The van der Waals surface area contributed by atoms with Crippen molar-refractivity contribution in [2.75, 3.05) is 11.9 Å². The highest BCUT2D eigenvalue weighted by molar-refractivity contribution is 7.15. The molecule has 0 aliphatic carbocycles. The zero-order valence-corrected chi connectivity index (χ0v) is 17.9. The minimum Gasteiger partial charge on any atom is -0.327 e. The summed E-state index contributed by atoms with van der Waals surface area (Å²) in [5, 5.41) is 3.36. The standard InChI is InChI=1S/C23H25N3O2S/c1-15(2)26(14-21(27)25-23-24-16(3)17(4)29-23)22(28)20-12-10-19(11-13-20)18-8-6-5-7-9-18/h5-13,15H,14H2,1-4H3,(H,24,25,27). The van der Waals surface area contributed by atoms with Crippen molar-refractivity contribution in [2.24, 2.45) is 0 Å². The fraction of sp³-hybridized carbons (Fsp3) is 0.261. The first kappa shape index (κ1) is 20.7. The molecule has 0 radical (unpaired) electrons. The molecule has 1 N–H and O–H groups in total.